The summed E-state index contributed by atoms with van der Waals surface area (Å²) in [5.41, 5.74) is 0.323. The number of hydrogen-bond acceptors (Lipinski definition) is 5. The maximum absolute atomic E-state index is 11.9. The third-order valence-electron chi connectivity index (χ3n) is 3.05. The number of aryl methyl sites for hydroxylation is 1. The topological polar surface area (TPSA) is 114 Å². The van der Waals surface area contributed by atoms with Gasteiger partial charge in [0.1, 0.15) is 5.60 Å². The molecule has 1 rings (SSSR count). The molecule has 2 amide bonds. The number of ether oxygens (including phenoxy) is 1. The van der Waals surface area contributed by atoms with E-state index in [0.29, 0.717) is 11.3 Å². The van der Waals surface area contributed by atoms with E-state index in [2.05, 4.69) is 15.4 Å². The van der Waals surface area contributed by atoms with E-state index in [9.17, 15) is 18.0 Å². The lowest BCUT2D eigenvalue weighted by atomic mass is 10.2. The fraction of sp³-hybridized carbons (Fsp3) is 0.500. The van der Waals surface area contributed by atoms with Gasteiger partial charge < -0.3 is 15.4 Å². The van der Waals surface area contributed by atoms with Gasteiger partial charge in [-0.2, -0.15) is 0 Å². The largest absolute Gasteiger partial charge is 0.444 e. The molecule has 1 aromatic rings. The van der Waals surface area contributed by atoms with Crippen molar-refractivity contribution < 1.29 is 22.7 Å². The Bertz CT molecular complexity index is 739. The minimum absolute atomic E-state index is 0.0290. The van der Waals surface area contributed by atoms with E-state index >= 15 is 0 Å². The molecule has 0 aliphatic heterocycles. The van der Waals surface area contributed by atoms with Crippen molar-refractivity contribution in [3.8, 4) is 0 Å². The fourth-order valence-electron chi connectivity index (χ4n) is 1.89. The van der Waals surface area contributed by atoms with Crippen LogP contribution in [0.2, 0.25) is 0 Å². The second-order valence-corrected chi connectivity index (χ2v) is 8.27. The van der Waals surface area contributed by atoms with E-state index in [-0.39, 0.29) is 23.8 Å². The summed E-state index contributed by atoms with van der Waals surface area (Å²) in [5.74, 6) is -0.354. The lowest BCUT2D eigenvalue weighted by Gasteiger charge is -2.19. The van der Waals surface area contributed by atoms with Gasteiger partial charge in [-0.1, -0.05) is 6.07 Å². The first kappa shape index (κ1) is 20.9. The molecule has 0 bridgehead atoms. The lowest BCUT2D eigenvalue weighted by molar-refractivity contribution is -0.116. The van der Waals surface area contributed by atoms with Crippen LogP contribution in [0.25, 0.3) is 0 Å². The van der Waals surface area contributed by atoms with Crippen molar-refractivity contribution in [2.75, 3.05) is 18.9 Å². The zero-order valence-corrected chi connectivity index (χ0v) is 15.9. The number of rotatable bonds is 6. The molecular weight excluding hydrogens is 346 g/mol. The van der Waals surface area contributed by atoms with Crippen molar-refractivity contribution in [1.29, 1.82) is 0 Å². The highest BCUT2D eigenvalue weighted by Gasteiger charge is 2.17. The number of benzene rings is 1. The summed E-state index contributed by atoms with van der Waals surface area (Å²) in [6.45, 7) is 7.00. The third-order valence-corrected chi connectivity index (χ3v) is 4.61. The zero-order valence-electron chi connectivity index (χ0n) is 15.1. The predicted octanol–water partition coefficient (Wildman–Crippen LogP) is 1.76. The number of anilines is 1. The van der Waals surface area contributed by atoms with Crippen molar-refractivity contribution >= 4 is 27.7 Å². The summed E-state index contributed by atoms with van der Waals surface area (Å²) >= 11 is 0. The molecule has 0 unspecified atom stereocenters. The average molecular weight is 371 g/mol. The molecule has 3 N–H and O–H groups in total. The molecular formula is C16H25N3O5S. The summed E-state index contributed by atoms with van der Waals surface area (Å²) in [7, 11) is -2.29. The van der Waals surface area contributed by atoms with Crippen LogP contribution in [0.5, 0.6) is 0 Å². The normalized spacial score (nSPS) is 11.7. The molecule has 1 aromatic carbocycles. The van der Waals surface area contributed by atoms with Crippen LogP contribution in [0, 0.1) is 6.92 Å². The third kappa shape index (κ3) is 7.10. The Hall–Kier alpha value is -2.13. The summed E-state index contributed by atoms with van der Waals surface area (Å²) in [6.07, 6.45) is -0.570. The summed E-state index contributed by atoms with van der Waals surface area (Å²) in [5, 5.41) is 5.09. The highest BCUT2D eigenvalue weighted by molar-refractivity contribution is 7.89. The van der Waals surface area contributed by atoms with Gasteiger partial charge >= 0.3 is 6.09 Å². The molecule has 0 heterocycles. The van der Waals surface area contributed by atoms with Crippen molar-refractivity contribution in [1.82, 2.24) is 10.0 Å². The molecule has 0 saturated carbocycles. The van der Waals surface area contributed by atoms with Crippen LogP contribution in [-0.4, -0.2) is 39.6 Å². The molecule has 0 atom stereocenters. The standard InChI is InChI=1S/C16H25N3O5S/c1-11-6-7-12(10-13(11)25(22,23)17-5)19-14(20)8-9-18-15(21)24-16(2,3)4/h6-7,10,17H,8-9H2,1-5H3,(H,18,21)(H,19,20). The number of carbonyl (C=O) groups is 2. The molecule has 0 aliphatic rings. The van der Waals surface area contributed by atoms with E-state index in [0.717, 1.165) is 0 Å². The molecule has 0 aromatic heterocycles. The van der Waals surface area contributed by atoms with Crippen LogP contribution < -0.4 is 15.4 Å². The number of sulfonamides is 1. The van der Waals surface area contributed by atoms with E-state index in [1.54, 1.807) is 39.8 Å². The van der Waals surface area contributed by atoms with Crippen molar-refractivity contribution in [2.24, 2.45) is 0 Å². The maximum Gasteiger partial charge on any atom is 0.407 e. The van der Waals surface area contributed by atoms with Gasteiger partial charge in [0.2, 0.25) is 15.9 Å². The summed E-state index contributed by atoms with van der Waals surface area (Å²) in [6, 6.07) is 4.61. The molecule has 0 aliphatic carbocycles. The minimum Gasteiger partial charge on any atom is -0.444 e. The van der Waals surface area contributed by atoms with Crippen molar-refractivity contribution in [2.45, 2.75) is 44.6 Å². The summed E-state index contributed by atoms with van der Waals surface area (Å²) < 4.78 is 31.2. The van der Waals surface area contributed by atoms with Crippen molar-refractivity contribution in [3.05, 3.63) is 23.8 Å². The minimum atomic E-state index is -3.61. The first-order valence-corrected chi connectivity index (χ1v) is 9.24. The molecule has 0 spiro atoms. The van der Waals surface area contributed by atoms with Gasteiger partial charge in [-0.3, -0.25) is 4.79 Å². The Kier molecular flexibility index (Phi) is 6.95. The van der Waals surface area contributed by atoms with E-state index in [4.69, 9.17) is 4.74 Å². The van der Waals surface area contributed by atoms with E-state index in [1.807, 2.05) is 0 Å². The SMILES string of the molecule is CNS(=O)(=O)c1cc(NC(=O)CCNC(=O)OC(C)(C)C)ccc1C. The number of carbonyl (C=O) groups excluding carboxylic acids is 2. The number of amides is 2. The number of nitrogens with one attached hydrogen (secondary N) is 3. The highest BCUT2D eigenvalue weighted by Crippen LogP contribution is 2.20. The molecule has 140 valence electrons. The van der Waals surface area contributed by atoms with Crippen LogP contribution in [0.1, 0.15) is 32.8 Å². The second-order valence-electron chi connectivity index (χ2n) is 6.41. The Balaban J connectivity index is 2.61. The van der Waals surface area contributed by atoms with Gasteiger partial charge in [0.25, 0.3) is 0 Å². The first-order chi connectivity index (χ1) is 11.4. The fourth-order valence-corrected chi connectivity index (χ4v) is 2.89. The van der Waals surface area contributed by atoms with Crippen LogP contribution >= 0.6 is 0 Å². The number of hydrogen-bond donors (Lipinski definition) is 3. The first-order valence-electron chi connectivity index (χ1n) is 7.75. The van der Waals surface area contributed by atoms with Gasteiger partial charge in [-0.05, 0) is 52.4 Å². The Labute approximate surface area is 148 Å². The number of alkyl carbamates (subject to hydrolysis) is 1. The Morgan fingerprint density at radius 3 is 2.40 bits per heavy atom. The highest BCUT2D eigenvalue weighted by atomic mass is 32.2. The molecule has 0 saturated heterocycles. The van der Waals surface area contributed by atoms with Gasteiger partial charge in [0, 0.05) is 18.7 Å². The second kappa shape index (κ2) is 8.30. The molecule has 25 heavy (non-hydrogen) atoms. The average Bonchev–Trinajstić information content (AvgIpc) is 2.47. The smallest absolute Gasteiger partial charge is 0.407 e. The molecule has 9 heteroatoms. The molecule has 0 fully saturated rings. The van der Waals surface area contributed by atoms with Crippen LogP contribution in [0.3, 0.4) is 0 Å². The van der Waals surface area contributed by atoms with E-state index < -0.39 is 21.7 Å². The molecule has 0 radical (unpaired) electrons. The van der Waals surface area contributed by atoms with Gasteiger partial charge in [0.15, 0.2) is 0 Å². The van der Waals surface area contributed by atoms with E-state index in [1.165, 1.54) is 13.1 Å². The Morgan fingerprint density at radius 2 is 1.84 bits per heavy atom. The maximum atomic E-state index is 11.9. The Morgan fingerprint density at radius 1 is 1.20 bits per heavy atom. The summed E-state index contributed by atoms with van der Waals surface area (Å²) in [4.78, 5) is 23.5. The monoisotopic (exact) mass is 371 g/mol. The van der Waals surface area contributed by atoms with Crippen LogP contribution in [0.4, 0.5) is 10.5 Å². The van der Waals surface area contributed by atoms with Gasteiger partial charge in [0.05, 0.1) is 4.90 Å². The van der Waals surface area contributed by atoms with Crippen molar-refractivity contribution in [3.63, 3.8) is 0 Å². The molecule has 8 nitrogen and oxygen atoms in total. The van der Waals surface area contributed by atoms with Crippen LogP contribution in [0.15, 0.2) is 23.1 Å². The van der Waals surface area contributed by atoms with Gasteiger partial charge in [-0.15, -0.1) is 0 Å². The predicted molar refractivity (Wildman–Crippen MR) is 94.9 cm³/mol. The lowest BCUT2D eigenvalue weighted by Crippen LogP contribution is -2.34. The quantitative estimate of drug-likeness (QED) is 0.705. The van der Waals surface area contributed by atoms with Gasteiger partial charge in [-0.25, -0.2) is 17.9 Å². The van der Waals surface area contributed by atoms with Crippen LogP contribution in [-0.2, 0) is 19.6 Å². The zero-order chi connectivity index (χ0) is 19.3.